The lowest BCUT2D eigenvalue weighted by Gasteiger charge is -2.09. The number of aromatic nitrogens is 1. The maximum absolute atomic E-state index is 12.1. The number of amides is 1. The van der Waals surface area contributed by atoms with Gasteiger partial charge in [-0.15, -0.1) is 0 Å². The van der Waals surface area contributed by atoms with E-state index in [1.165, 1.54) is 0 Å². The molecule has 4 heteroatoms. The van der Waals surface area contributed by atoms with Gasteiger partial charge in [0.05, 0.1) is 11.9 Å². The van der Waals surface area contributed by atoms with Gasteiger partial charge in [-0.3, -0.25) is 9.78 Å². The van der Waals surface area contributed by atoms with Crippen LogP contribution < -0.4 is 10.6 Å². The standard InChI is InChI=1S/C15H17N3O/c1-10-8-12(5-7-14(10)16-3)15(19)18-13-6-4-11(2)17-9-13/h4-9,16H,1-3H3,(H,18,19). The molecule has 98 valence electrons. The molecule has 2 rings (SSSR count). The zero-order valence-corrected chi connectivity index (χ0v) is 11.3. The molecule has 0 saturated carbocycles. The monoisotopic (exact) mass is 255 g/mol. The van der Waals surface area contributed by atoms with Crippen molar-refractivity contribution in [2.24, 2.45) is 0 Å². The van der Waals surface area contributed by atoms with Gasteiger partial charge in [-0.2, -0.15) is 0 Å². The van der Waals surface area contributed by atoms with Crippen LogP contribution >= 0.6 is 0 Å². The maximum atomic E-state index is 12.1. The smallest absolute Gasteiger partial charge is 0.255 e. The second-order valence-corrected chi connectivity index (χ2v) is 4.42. The van der Waals surface area contributed by atoms with E-state index in [-0.39, 0.29) is 5.91 Å². The molecular weight excluding hydrogens is 238 g/mol. The molecule has 0 unspecified atom stereocenters. The van der Waals surface area contributed by atoms with E-state index >= 15 is 0 Å². The van der Waals surface area contributed by atoms with Crippen molar-refractivity contribution in [3.05, 3.63) is 53.3 Å². The molecule has 1 amide bonds. The molecule has 2 aromatic rings. The Morgan fingerprint density at radius 3 is 2.53 bits per heavy atom. The molecule has 19 heavy (non-hydrogen) atoms. The molecule has 2 N–H and O–H groups in total. The zero-order valence-electron chi connectivity index (χ0n) is 11.3. The van der Waals surface area contributed by atoms with Crippen molar-refractivity contribution in [3.63, 3.8) is 0 Å². The zero-order chi connectivity index (χ0) is 13.8. The number of nitrogens with one attached hydrogen (secondary N) is 2. The average molecular weight is 255 g/mol. The molecule has 0 aliphatic carbocycles. The van der Waals surface area contributed by atoms with Crippen molar-refractivity contribution in [1.29, 1.82) is 0 Å². The Balaban J connectivity index is 2.16. The first-order valence-electron chi connectivity index (χ1n) is 6.12. The minimum absolute atomic E-state index is 0.128. The molecule has 0 atom stereocenters. The fourth-order valence-electron chi connectivity index (χ4n) is 1.83. The normalized spacial score (nSPS) is 10.1. The minimum Gasteiger partial charge on any atom is -0.388 e. The van der Waals surface area contributed by atoms with Crippen LogP contribution in [-0.4, -0.2) is 17.9 Å². The van der Waals surface area contributed by atoms with Gasteiger partial charge in [0.15, 0.2) is 0 Å². The summed E-state index contributed by atoms with van der Waals surface area (Å²) in [5.41, 5.74) is 4.32. The second-order valence-electron chi connectivity index (χ2n) is 4.42. The summed E-state index contributed by atoms with van der Waals surface area (Å²) in [6, 6.07) is 9.27. The highest BCUT2D eigenvalue weighted by Crippen LogP contribution is 2.17. The van der Waals surface area contributed by atoms with Gasteiger partial charge in [0.2, 0.25) is 0 Å². The topological polar surface area (TPSA) is 54.0 Å². The number of pyridine rings is 1. The molecule has 0 fully saturated rings. The molecule has 0 aliphatic heterocycles. The third-order valence-electron chi connectivity index (χ3n) is 2.93. The molecule has 0 bridgehead atoms. The summed E-state index contributed by atoms with van der Waals surface area (Å²) in [5, 5.41) is 5.90. The SMILES string of the molecule is CNc1ccc(C(=O)Nc2ccc(C)nc2)cc1C. The molecule has 0 radical (unpaired) electrons. The van der Waals surface area contributed by atoms with Crippen molar-refractivity contribution in [2.75, 3.05) is 17.7 Å². The highest BCUT2D eigenvalue weighted by atomic mass is 16.1. The molecule has 0 saturated heterocycles. The number of rotatable bonds is 3. The first-order valence-corrected chi connectivity index (χ1v) is 6.12. The third-order valence-corrected chi connectivity index (χ3v) is 2.93. The van der Waals surface area contributed by atoms with Crippen molar-refractivity contribution < 1.29 is 4.79 Å². The van der Waals surface area contributed by atoms with Crippen LogP contribution in [0.1, 0.15) is 21.6 Å². The number of benzene rings is 1. The van der Waals surface area contributed by atoms with Gasteiger partial charge in [0, 0.05) is 24.0 Å². The summed E-state index contributed by atoms with van der Waals surface area (Å²) in [4.78, 5) is 16.2. The van der Waals surface area contributed by atoms with Crippen LogP contribution in [0.25, 0.3) is 0 Å². The quantitative estimate of drug-likeness (QED) is 0.886. The summed E-state index contributed by atoms with van der Waals surface area (Å²) in [6.45, 7) is 3.88. The van der Waals surface area contributed by atoms with E-state index < -0.39 is 0 Å². The Morgan fingerprint density at radius 2 is 1.95 bits per heavy atom. The van der Waals surface area contributed by atoms with Crippen LogP contribution in [0.4, 0.5) is 11.4 Å². The Labute approximate surface area is 112 Å². The van der Waals surface area contributed by atoms with Crippen LogP contribution in [0.15, 0.2) is 36.5 Å². The summed E-state index contributed by atoms with van der Waals surface area (Å²) < 4.78 is 0. The minimum atomic E-state index is -0.128. The van der Waals surface area contributed by atoms with Crippen molar-refractivity contribution >= 4 is 17.3 Å². The van der Waals surface area contributed by atoms with Crippen LogP contribution in [0.2, 0.25) is 0 Å². The number of carbonyl (C=O) groups is 1. The highest BCUT2D eigenvalue weighted by molar-refractivity contribution is 6.04. The maximum Gasteiger partial charge on any atom is 0.255 e. The van der Waals surface area contributed by atoms with Gasteiger partial charge in [0.25, 0.3) is 5.91 Å². The molecule has 1 aromatic carbocycles. The summed E-state index contributed by atoms with van der Waals surface area (Å²) in [6.07, 6.45) is 1.65. The lowest BCUT2D eigenvalue weighted by molar-refractivity contribution is 0.102. The van der Waals surface area contributed by atoms with Crippen LogP contribution in [0.3, 0.4) is 0 Å². The number of hydrogen-bond donors (Lipinski definition) is 2. The first kappa shape index (κ1) is 13.1. The fourth-order valence-corrected chi connectivity index (χ4v) is 1.83. The Morgan fingerprint density at radius 1 is 1.16 bits per heavy atom. The van der Waals surface area contributed by atoms with Crippen molar-refractivity contribution in [2.45, 2.75) is 13.8 Å². The van der Waals surface area contributed by atoms with E-state index in [0.717, 1.165) is 16.9 Å². The van der Waals surface area contributed by atoms with Crippen molar-refractivity contribution in [3.8, 4) is 0 Å². The lowest BCUT2D eigenvalue weighted by Crippen LogP contribution is -2.12. The Kier molecular flexibility index (Phi) is 3.80. The van der Waals surface area contributed by atoms with E-state index in [2.05, 4.69) is 15.6 Å². The Bertz CT molecular complexity index is 591. The van der Waals surface area contributed by atoms with Gasteiger partial charge >= 0.3 is 0 Å². The van der Waals surface area contributed by atoms with Gasteiger partial charge < -0.3 is 10.6 Å². The van der Waals surface area contributed by atoms with E-state index in [1.807, 2.05) is 45.2 Å². The molecule has 4 nitrogen and oxygen atoms in total. The van der Waals surface area contributed by atoms with Crippen molar-refractivity contribution in [1.82, 2.24) is 4.98 Å². The predicted molar refractivity (Wildman–Crippen MR) is 77.7 cm³/mol. The molecule has 1 heterocycles. The molecule has 0 aliphatic rings. The van der Waals surface area contributed by atoms with E-state index in [0.29, 0.717) is 11.3 Å². The lowest BCUT2D eigenvalue weighted by atomic mass is 10.1. The van der Waals surface area contributed by atoms with Gasteiger partial charge in [0.1, 0.15) is 0 Å². The fraction of sp³-hybridized carbons (Fsp3) is 0.200. The largest absolute Gasteiger partial charge is 0.388 e. The van der Waals surface area contributed by atoms with E-state index in [9.17, 15) is 4.79 Å². The molecular formula is C15H17N3O. The second kappa shape index (κ2) is 5.52. The first-order chi connectivity index (χ1) is 9.10. The highest BCUT2D eigenvalue weighted by Gasteiger charge is 2.07. The van der Waals surface area contributed by atoms with Crippen LogP contribution in [-0.2, 0) is 0 Å². The van der Waals surface area contributed by atoms with Crippen LogP contribution in [0, 0.1) is 13.8 Å². The van der Waals surface area contributed by atoms with Gasteiger partial charge in [-0.05, 0) is 49.7 Å². The summed E-state index contributed by atoms with van der Waals surface area (Å²) in [7, 11) is 1.86. The van der Waals surface area contributed by atoms with E-state index in [1.54, 1.807) is 12.3 Å². The molecule has 1 aromatic heterocycles. The summed E-state index contributed by atoms with van der Waals surface area (Å²) >= 11 is 0. The number of nitrogens with zero attached hydrogens (tertiary/aromatic N) is 1. The third kappa shape index (κ3) is 3.10. The van der Waals surface area contributed by atoms with E-state index in [4.69, 9.17) is 0 Å². The molecule has 0 spiro atoms. The predicted octanol–water partition coefficient (Wildman–Crippen LogP) is 2.99. The number of hydrogen-bond acceptors (Lipinski definition) is 3. The Hall–Kier alpha value is -2.36. The van der Waals surface area contributed by atoms with Gasteiger partial charge in [-0.25, -0.2) is 0 Å². The number of aryl methyl sites for hydroxylation is 2. The van der Waals surface area contributed by atoms with Gasteiger partial charge in [-0.1, -0.05) is 0 Å². The number of carbonyl (C=O) groups excluding carboxylic acids is 1. The average Bonchev–Trinajstić information content (AvgIpc) is 2.41. The summed E-state index contributed by atoms with van der Waals surface area (Å²) in [5.74, 6) is -0.128. The van der Waals surface area contributed by atoms with Crippen LogP contribution in [0.5, 0.6) is 0 Å². The number of anilines is 2.